The smallest absolute Gasteiger partial charge is 0.106 e. The van der Waals surface area contributed by atoms with Gasteiger partial charge in [-0.1, -0.05) is 13.8 Å². The van der Waals surface area contributed by atoms with E-state index in [9.17, 15) is 5.11 Å². The molecule has 3 heterocycles. The van der Waals surface area contributed by atoms with Crippen molar-refractivity contribution in [1.82, 2.24) is 4.90 Å². The summed E-state index contributed by atoms with van der Waals surface area (Å²) in [7, 11) is 0. The molecule has 0 aromatic carbocycles. The Morgan fingerprint density at radius 2 is 1.94 bits per heavy atom. The van der Waals surface area contributed by atoms with Crippen molar-refractivity contribution in [3.63, 3.8) is 0 Å². The molecule has 2 aliphatic heterocycles. The minimum Gasteiger partial charge on any atom is -0.472 e. The molecule has 1 N–H and O–H groups in total. The number of fused-ring (bicyclic) bond motifs is 3. The van der Waals surface area contributed by atoms with Gasteiger partial charge in [-0.15, -0.1) is 0 Å². The van der Waals surface area contributed by atoms with Gasteiger partial charge in [0.2, 0.25) is 0 Å². The fraction of sp³-hybridized carbons (Fsp3) is 0.862. The summed E-state index contributed by atoms with van der Waals surface area (Å²) in [5.74, 6) is 2.05. The SMILES string of the molecule is C[C@]12CC[C@H](OCCN3CCCC3)C[C@H]1CC[C@@H]1[C@@H]2CC[C@@]2(C)[C@@]13O[C@@H]3C[C@]2(O)c1ccoc1. The topological polar surface area (TPSA) is 58.4 Å². The summed E-state index contributed by atoms with van der Waals surface area (Å²) < 4.78 is 18.5. The summed E-state index contributed by atoms with van der Waals surface area (Å²) in [4.78, 5) is 2.56. The van der Waals surface area contributed by atoms with Crippen LogP contribution in [0.25, 0.3) is 0 Å². The van der Waals surface area contributed by atoms with Crippen LogP contribution in [0.5, 0.6) is 0 Å². The Morgan fingerprint density at radius 3 is 2.74 bits per heavy atom. The molecule has 5 nitrogen and oxygen atoms in total. The van der Waals surface area contributed by atoms with E-state index < -0.39 is 5.60 Å². The summed E-state index contributed by atoms with van der Waals surface area (Å²) in [6.45, 7) is 9.46. The molecule has 0 amide bonds. The second-order valence-corrected chi connectivity index (χ2v) is 13.2. The Balaban J connectivity index is 1.07. The molecule has 0 bridgehead atoms. The van der Waals surface area contributed by atoms with Crippen molar-refractivity contribution in [2.24, 2.45) is 28.6 Å². The zero-order chi connectivity index (χ0) is 23.2. The summed E-state index contributed by atoms with van der Waals surface area (Å²) in [5, 5.41) is 12.0. The standard InChI is InChI=1S/C29H43NO4/c1-26-10-7-22(33-16-14-30-12-3-4-13-30)17-20(26)5-6-24-23(26)8-11-27(2)28(31,21-9-15-32-19-21)18-25-29(24,27)34-25/h9,15,19-20,22-25,31H,3-8,10-14,16-18H2,1-2H3/t20-,22+,23+,24-,25-,26+,27-,28+,29-/m1/s1. The first-order valence-corrected chi connectivity index (χ1v) is 14.2. The van der Waals surface area contributed by atoms with Gasteiger partial charge in [0.15, 0.2) is 0 Å². The van der Waals surface area contributed by atoms with E-state index in [1.165, 1.54) is 64.5 Å². The highest BCUT2D eigenvalue weighted by Crippen LogP contribution is 2.79. The third-order valence-electron chi connectivity index (χ3n) is 12.1. The van der Waals surface area contributed by atoms with E-state index in [0.717, 1.165) is 37.5 Å². The van der Waals surface area contributed by atoms with E-state index in [1.54, 1.807) is 12.5 Å². The summed E-state index contributed by atoms with van der Waals surface area (Å²) in [5.41, 5.74) is 0.149. The molecule has 1 aromatic heterocycles. The van der Waals surface area contributed by atoms with Gasteiger partial charge in [0.1, 0.15) is 11.2 Å². The van der Waals surface area contributed by atoms with Crippen molar-refractivity contribution in [2.75, 3.05) is 26.2 Å². The maximum absolute atomic E-state index is 12.0. The van der Waals surface area contributed by atoms with E-state index in [0.29, 0.717) is 23.4 Å². The monoisotopic (exact) mass is 469 g/mol. The van der Waals surface area contributed by atoms with Crippen molar-refractivity contribution >= 4 is 0 Å². The number of ether oxygens (including phenoxy) is 2. The van der Waals surface area contributed by atoms with Crippen molar-refractivity contribution in [3.05, 3.63) is 24.2 Å². The van der Waals surface area contributed by atoms with Crippen molar-refractivity contribution in [3.8, 4) is 0 Å². The lowest BCUT2D eigenvalue weighted by atomic mass is 9.43. The Labute approximate surface area is 204 Å². The van der Waals surface area contributed by atoms with Gasteiger partial charge in [-0.3, -0.25) is 0 Å². The second-order valence-electron chi connectivity index (χ2n) is 13.2. The van der Waals surface area contributed by atoms with Gasteiger partial charge in [-0.2, -0.15) is 0 Å². The van der Waals surface area contributed by atoms with E-state index in [4.69, 9.17) is 13.9 Å². The zero-order valence-electron chi connectivity index (χ0n) is 21.1. The normalized spacial score (nSPS) is 52.0. The summed E-state index contributed by atoms with van der Waals surface area (Å²) >= 11 is 0. The highest BCUT2D eigenvalue weighted by atomic mass is 16.6. The highest BCUT2D eigenvalue weighted by Gasteiger charge is 2.84. The third-order valence-corrected chi connectivity index (χ3v) is 12.1. The molecule has 5 heteroatoms. The van der Waals surface area contributed by atoms with Gasteiger partial charge in [-0.25, -0.2) is 0 Å². The molecule has 0 unspecified atom stereocenters. The molecule has 9 atom stereocenters. The van der Waals surface area contributed by atoms with E-state index >= 15 is 0 Å². The fourth-order valence-corrected chi connectivity index (χ4v) is 10.1. The number of furan rings is 1. The minimum absolute atomic E-state index is 0.140. The first-order valence-electron chi connectivity index (χ1n) is 14.2. The molecule has 2 saturated heterocycles. The predicted octanol–water partition coefficient (Wildman–Crippen LogP) is 5.12. The van der Waals surface area contributed by atoms with Crippen LogP contribution >= 0.6 is 0 Å². The molecule has 6 aliphatic rings. The van der Waals surface area contributed by atoms with E-state index in [1.807, 2.05) is 6.07 Å². The van der Waals surface area contributed by atoms with Gasteiger partial charge in [0.25, 0.3) is 0 Å². The number of aliphatic hydroxyl groups is 1. The molecule has 0 radical (unpaired) electrons. The number of nitrogens with zero attached hydrogens (tertiary/aromatic N) is 1. The van der Waals surface area contributed by atoms with Crippen LogP contribution in [0.4, 0.5) is 0 Å². The second kappa shape index (κ2) is 7.57. The molecule has 188 valence electrons. The van der Waals surface area contributed by atoms with Crippen molar-refractivity contribution in [1.29, 1.82) is 0 Å². The zero-order valence-corrected chi connectivity index (χ0v) is 21.1. The van der Waals surface area contributed by atoms with Crippen LogP contribution in [0.15, 0.2) is 23.0 Å². The molecule has 4 aliphatic carbocycles. The van der Waals surface area contributed by atoms with Crippen LogP contribution in [0, 0.1) is 28.6 Å². The number of hydrogen-bond acceptors (Lipinski definition) is 5. The Hall–Kier alpha value is -0.880. The first-order chi connectivity index (χ1) is 16.4. The Kier molecular flexibility index (Phi) is 4.97. The van der Waals surface area contributed by atoms with Gasteiger partial charge >= 0.3 is 0 Å². The largest absolute Gasteiger partial charge is 0.472 e. The lowest BCUT2D eigenvalue weighted by Gasteiger charge is -2.62. The molecular weight excluding hydrogens is 426 g/mol. The third kappa shape index (κ3) is 2.82. The van der Waals surface area contributed by atoms with Crippen LogP contribution in [0.2, 0.25) is 0 Å². The molecule has 1 aromatic rings. The molecule has 1 spiro atoms. The average molecular weight is 470 g/mol. The maximum atomic E-state index is 12.0. The quantitative estimate of drug-likeness (QED) is 0.607. The minimum atomic E-state index is -0.827. The molecule has 6 fully saturated rings. The Bertz CT molecular complexity index is 913. The highest BCUT2D eigenvalue weighted by molar-refractivity contribution is 5.37. The van der Waals surface area contributed by atoms with Crippen LogP contribution < -0.4 is 0 Å². The number of rotatable bonds is 5. The van der Waals surface area contributed by atoms with Crippen LogP contribution in [0.3, 0.4) is 0 Å². The number of epoxide rings is 1. The first kappa shape index (κ1) is 22.3. The molecule has 34 heavy (non-hydrogen) atoms. The lowest BCUT2D eigenvalue weighted by molar-refractivity contribution is -0.195. The van der Waals surface area contributed by atoms with Gasteiger partial charge in [0, 0.05) is 23.9 Å². The molecule has 4 saturated carbocycles. The molecule has 7 rings (SSSR count). The summed E-state index contributed by atoms with van der Waals surface area (Å²) in [6.07, 6.45) is 16.1. The van der Waals surface area contributed by atoms with E-state index in [2.05, 4.69) is 18.7 Å². The van der Waals surface area contributed by atoms with Gasteiger partial charge in [0.05, 0.1) is 31.3 Å². The van der Waals surface area contributed by atoms with Crippen LogP contribution in [-0.4, -0.2) is 54.1 Å². The summed E-state index contributed by atoms with van der Waals surface area (Å²) in [6, 6.07) is 1.97. The Morgan fingerprint density at radius 1 is 1.09 bits per heavy atom. The van der Waals surface area contributed by atoms with Crippen LogP contribution in [0.1, 0.15) is 83.6 Å². The fourth-order valence-electron chi connectivity index (χ4n) is 10.1. The van der Waals surface area contributed by atoms with Crippen LogP contribution in [-0.2, 0) is 15.1 Å². The number of likely N-dealkylation sites (tertiary alicyclic amines) is 1. The van der Waals surface area contributed by atoms with Crippen molar-refractivity contribution < 1.29 is 19.0 Å². The van der Waals surface area contributed by atoms with Gasteiger partial charge in [-0.05, 0) is 100 Å². The van der Waals surface area contributed by atoms with Gasteiger partial charge < -0.3 is 23.9 Å². The molecular formula is C29H43NO4. The lowest BCUT2D eigenvalue weighted by Crippen LogP contribution is -2.61. The average Bonchev–Trinajstić information content (AvgIpc) is 3.26. The van der Waals surface area contributed by atoms with E-state index in [-0.39, 0.29) is 17.1 Å². The predicted molar refractivity (Wildman–Crippen MR) is 129 cm³/mol. The number of hydrogen-bond donors (Lipinski definition) is 1. The van der Waals surface area contributed by atoms with Crippen molar-refractivity contribution in [2.45, 2.75) is 101 Å². The maximum Gasteiger partial charge on any atom is 0.106 e.